The molecule has 8 rings (SSSR count). The van der Waals surface area contributed by atoms with E-state index in [4.69, 9.17) is 0 Å². The van der Waals surface area contributed by atoms with Crippen LogP contribution >= 0.6 is 0 Å². The van der Waals surface area contributed by atoms with Crippen LogP contribution in [0.5, 0.6) is 0 Å². The molecule has 0 heterocycles. The molecule has 0 nitrogen and oxygen atoms in total. The van der Waals surface area contributed by atoms with Gasteiger partial charge in [0, 0.05) is 0 Å². The minimum atomic E-state index is -2.12. The molecule has 0 atom stereocenters. The minimum absolute atomic E-state index is 0. The second kappa shape index (κ2) is 14.1. The summed E-state index contributed by atoms with van der Waals surface area (Å²) in [6.45, 7) is 4.52. The molecule has 2 aliphatic rings. The summed E-state index contributed by atoms with van der Waals surface area (Å²) in [4.78, 5) is 0. The average molecular weight is 783 g/mol. The van der Waals surface area contributed by atoms with Crippen LogP contribution in [0.25, 0.3) is 43.8 Å². The van der Waals surface area contributed by atoms with Crippen molar-refractivity contribution in [1.82, 2.24) is 0 Å². The maximum atomic E-state index is 2.69. The van der Waals surface area contributed by atoms with E-state index in [-0.39, 0.29) is 40.7 Å². The van der Waals surface area contributed by atoms with Crippen molar-refractivity contribution in [2.45, 2.75) is 76.3 Å². The van der Waals surface area contributed by atoms with Gasteiger partial charge in [0.2, 0.25) is 0 Å². The summed E-state index contributed by atoms with van der Waals surface area (Å²) in [6, 6.07) is 42.6. The Labute approximate surface area is 297 Å². The van der Waals surface area contributed by atoms with Gasteiger partial charge in [-0.25, -0.2) is 0 Å². The third kappa shape index (κ3) is 5.58. The van der Waals surface area contributed by atoms with Gasteiger partial charge in [-0.2, -0.15) is 12.1 Å². The molecule has 232 valence electrons. The molecule has 0 saturated heterocycles. The summed E-state index contributed by atoms with van der Waals surface area (Å²) >= 11 is 0. The number of fused-ring (bicyclic) bond motifs is 2. The second-order valence-corrected chi connectivity index (χ2v) is 18.1. The van der Waals surface area contributed by atoms with Crippen LogP contribution in [0.2, 0.25) is 11.1 Å². The van der Waals surface area contributed by atoms with E-state index >= 15 is 0 Å². The predicted octanol–water partition coefficient (Wildman–Crippen LogP) is 11.7. The van der Waals surface area contributed by atoms with E-state index in [0.29, 0.717) is 0 Å². The molecule has 2 fully saturated rings. The summed E-state index contributed by atoms with van der Waals surface area (Å²) in [5.74, 6) is 0. The van der Waals surface area contributed by atoms with E-state index in [1.165, 1.54) is 106 Å². The first kappa shape index (κ1) is 34.5. The van der Waals surface area contributed by atoms with Gasteiger partial charge in [-0.3, -0.25) is 0 Å². The Balaban J connectivity index is 0.00000139. The van der Waals surface area contributed by atoms with Crippen molar-refractivity contribution in [3.63, 3.8) is 0 Å². The summed E-state index contributed by atoms with van der Waals surface area (Å²) in [5, 5.41) is 9.21. The van der Waals surface area contributed by atoms with E-state index in [9.17, 15) is 0 Å². The molecule has 46 heavy (non-hydrogen) atoms. The zero-order valence-electron chi connectivity index (χ0n) is 28.2. The molecule has 2 heteroatoms. The number of benzene rings is 4. The van der Waals surface area contributed by atoms with Gasteiger partial charge in [0.05, 0.1) is 8.07 Å². The largest absolute Gasteiger partial charge is 4.00 e. The standard InChI is InChI=1S/C42H42Si.2CH3.Hf/c1-29-13-3-9-21-37(29)39-23-11-15-31-25-35(27-41(31)39)43(33-17-5-6-18-33,34-19-7-8-20-34)36-26-32-16-12-24-40(42(32)28-36)38-22-10-4-14-30(38)2;;;/h3-4,9-16,21-28,33-34H,5-8,17-20H2,1-2H3;2*1H3;/q-2;2*-1;+4. The molecule has 0 amide bonds. The van der Waals surface area contributed by atoms with Crippen molar-refractivity contribution in [3.8, 4) is 22.3 Å². The molecule has 6 aromatic carbocycles. The van der Waals surface area contributed by atoms with Gasteiger partial charge >= 0.3 is 25.8 Å². The third-order valence-electron chi connectivity index (χ3n) is 11.3. The van der Waals surface area contributed by atoms with Crippen LogP contribution in [0, 0.1) is 28.7 Å². The van der Waals surface area contributed by atoms with Gasteiger partial charge in [-0.15, -0.1) is 68.3 Å². The molecule has 2 aliphatic carbocycles. The molecule has 0 spiro atoms. The summed E-state index contributed by atoms with van der Waals surface area (Å²) < 4.78 is 0. The van der Waals surface area contributed by atoms with Crippen LogP contribution in [0.15, 0.2) is 109 Å². The second-order valence-electron chi connectivity index (χ2n) is 13.6. The maximum absolute atomic E-state index is 2.69. The van der Waals surface area contributed by atoms with Gasteiger partial charge in [-0.1, -0.05) is 123 Å². The molecule has 0 radical (unpaired) electrons. The van der Waals surface area contributed by atoms with Crippen molar-refractivity contribution in [1.29, 1.82) is 0 Å². The van der Waals surface area contributed by atoms with Gasteiger partial charge in [0.25, 0.3) is 0 Å². The summed E-state index contributed by atoms with van der Waals surface area (Å²) in [5.41, 5.74) is 9.93. The Morgan fingerprint density at radius 2 is 0.870 bits per heavy atom. The average Bonchev–Trinajstić information content (AvgIpc) is 3.85. The predicted molar refractivity (Wildman–Crippen MR) is 202 cm³/mol. The monoisotopic (exact) mass is 784 g/mol. The number of hydrogen-bond acceptors (Lipinski definition) is 0. The van der Waals surface area contributed by atoms with Gasteiger partial charge in [0.15, 0.2) is 0 Å². The Kier molecular flexibility index (Phi) is 10.6. The Morgan fingerprint density at radius 3 is 1.26 bits per heavy atom. The zero-order valence-corrected chi connectivity index (χ0v) is 32.8. The number of aryl methyl sites for hydroxylation is 2. The molecule has 2 saturated carbocycles. The van der Waals surface area contributed by atoms with E-state index < -0.39 is 8.07 Å². The molecule has 0 N–H and O–H groups in total. The Hall–Kier alpha value is -2.81. The van der Waals surface area contributed by atoms with E-state index in [1.807, 2.05) is 0 Å². The SMILES string of the molecule is Cc1ccccc1-c1cccc2[cH-]c([Si](c3cc4c(-c5ccccc5C)cccc4[cH-]3)(C3CCCC3)C3CCCC3)cc12.[CH3-].[CH3-].[Hf+4]. The molecule has 0 aliphatic heterocycles. The molecule has 6 aromatic rings. The van der Waals surface area contributed by atoms with Crippen molar-refractivity contribution in [2.75, 3.05) is 0 Å². The van der Waals surface area contributed by atoms with Gasteiger partial charge in [0.1, 0.15) is 0 Å². The van der Waals surface area contributed by atoms with Crippen LogP contribution in [-0.4, -0.2) is 8.07 Å². The Bertz CT molecular complexity index is 1780. The number of hydrogen-bond donors (Lipinski definition) is 0. The fourth-order valence-electron chi connectivity index (χ4n) is 9.37. The van der Waals surface area contributed by atoms with Gasteiger partial charge in [-0.05, 0) is 47.2 Å². The normalized spacial score (nSPS) is 15.5. The molecule has 0 bridgehead atoms. The maximum Gasteiger partial charge on any atom is 4.00 e. The topological polar surface area (TPSA) is 0 Å². The van der Waals surface area contributed by atoms with Crippen LogP contribution < -0.4 is 10.4 Å². The van der Waals surface area contributed by atoms with Crippen LogP contribution in [0.4, 0.5) is 0 Å². The van der Waals surface area contributed by atoms with Crippen molar-refractivity contribution in [2.24, 2.45) is 0 Å². The van der Waals surface area contributed by atoms with Crippen LogP contribution in [0.1, 0.15) is 62.5 Å². The molecule has 0 unspecified atom stereocenters. The van der Waals surface area contributed by atoms with E-state index in [1.54, 1.807) is 10.4 Å². The number of rotatable bonds is 6. The summed E-state index contributed by atoms with van der Waals surface area (Å²) in [6.07, 6.45) is 11.2. The van der Waals surface area contributed by atoms with Crippen molar-refractivity contribution >= 4 is 40.0 Å². The van der Waals surface area contributed by atoms with Gasteiger partial charge < -0.3 is 14.9 Å². The third-order valence-corrected chi connectivity index (χ3v) is 17.5. The quantitative estimate of drug-likeness (QED) is 0.117. The minimum Gasteiger partial charge on any atom is -0.358 e. The molecular formula is C44H48HfSi. The fraction of sp³-hybridized carbons (Fsp3) is 0.273. The summed E-state index contributed by atoms with van der Waals surface area (Å²) in [7, 11) is -2.12. The molecule has 0 aromatic heterocycles. The first-order chi connectivity index (χ1) is 21.1. The first-order valence-electron chi connectivity index (χ1n) is 16.7. The van der Waals surface area contributed by atoms with Crippen LogP contribution in [0.3, 0.4) is 0 Å². The van der Waals surface area contributed by atoms with Crippen molar-refractivity contribution in [3.05, 3.63) is 135 Å². The Morgan fingerprint density at radius 1 is 0.500 bits per heavy atom. The van der Waals surface area contributed by atoms with E-state index in [0.717, 1.165) is 11.1 Å². The van der Waals surface area contributed by atoms with Crippen LogP contribution in [-0.2, 0) is 25.8 Å². The molecular weight excluding hydrogens is 735 g/mol. The fourth-order valence-corrected chi connectivity index (χ4v) is 16.5. The van der Waals surface area contributed by atoms with E-state index in [2.05, 4.69) is 123 Å². The zero-order chi connectivity index (χ0) is 29.0. The first-order valence-corrected chi connectivity index (χ1v) is 18.8. The smallest absolute Gasteiger partial charge is 0.358 e. The van der Waals surface area contributed by atoms with Crippen molar-refractivity contribution < 1.29 is 25.8 Å².